The second-order valence-corrected chi connectivity index (χ2v) is 11.7. The van der Waals surface area contributed by atoms with Gasteiger partial charge >= 0.3 is 0 Å². The lowest BCUT2D eigenvalue weighted by Crippen LogP contribution is -1.89. The van der Waals surface area contributed by atoms with E-state index in [1.54, 1.807) is 29.0 Å². The van der Waals surface area contributed by atoms with Crippen LogP contribution in [0.2, 0.25) is 0 Å². The zero-order valence-corrected chi connectivity index (χ0v) is 22.4. The zero-order chi connectivity index (χ0) is 22.5. The first-order chi connectivity index (χ1) is 15.6. The summed E-state index contributed by atoms with van der Waals surface area (Å²) >= 11 is 11.1. The molecule has 0 aliphatic carbocycles. The van der Waals surface area contributed by atoms with Crippen LogP contribution in [-0.4, -0.2) is 9.97 Å². The summed E-state index contributed by atoms with van der Waals surface area (Å²) in [5, 5.41) is 9.09. The minimum Gasteiger partial charge on any atom is -0.244 e. The van der Waals surface area contributed by atoms with Gasteiger partial charge < -0.3 is 0 Å². The van der Waals surface area contributed by atoms with Crippen molar-refractivity contribution in [3.8, 4) is 37.5 Å². The van der Waals surface area contributed by atoms with Gasteiger partial charge in [0.1, 0.15) is 6.33 Å². The highest BCUT2D eigenvalue weighted by Crippen LogP contribution is 2.47. The van der Waals surface area contributed by atoms with Crippen molar-refractivity contribution in [1.82, 2.24) is 9.97 Å². The second kappa shape index (κ2) is 10.8. The third-order valence-electron chi connectivity index (χ3n) is 5.28. The summed E-state index contributed by atoms with van der Waals surface area (Å²) in [6.45, 7) is 2.25. The lowest BCUT2D eigenvalue weighted by Gasteiger charge is -2.07. The minimum absolute atomic E-state index is 0.644. The number of hydrogen-bond donors (Lipinski definition) is 0. The molecule has 0 amide bonds. The quantitative estimate of drug-likeness (QED) is 0.193. The molecule has 0 radical (unpaired) electrons. The van der Waals surface area contributed by atoms with Crippen LogP contribution in [0.5, 0.6) is 0 Å². The molecule has 0 saturated carbocycles. The van der Waals surface area contributed by atoms with Gasteiger partial charge in [-0.05, 0) is 80.1 Å². The minimum atomic E-state index is 0.644. The van der Waals surface area contributed by atoms with Crippen LogP contribution in [0.15, 0.2) is 57.2 Å². The molecule has 0 aliphatic rings. The standard InChI is InChI=1S/C25H21Br2N3S2/c1-2-3-4-5-6-18-22(26)25(27)32-24(18)21-12-11-20(31-21)23-19(14-29-15-30-23)17-9-7-16(13-28)8-10-17/h7-12,14-15H,2-6H2,1H3. The molecule has 3 nitrogen and oxygen atoms in total. The molecule has 0 aliphatic heterocycles. The fourth-order valence-electron chi connectivity index (χ4n) is 3.61. The Kier molecular flexibility index (Phi) is 7.90. The highest BCUT2D eigenvalue weighted by Gasteiger charge is 2.19. The van der Waals surface area contributed by atoms with Gasteiger partial charge in [-0.25, -0.2) is 9.97 Å². The van der Waals surface area contributed by atoms with Gasteiger partial charge in [0.2, 0.25) is 0 Å². The van der Waals surface area contributed by atoms with E-state index >= 15 is 0 Å². The number of unbranched alkanes of at least 4 members (excludes halogenated alkanes) is 3. The second-order valence-electron chi connectivity index (χ2n) is 7.45. The number of benzene rings is 1. The Hall–Kier alpha value is -1.85. The van der Waals surface area contributed by atoms with Crippen molar-refractivity contribution in [3.63, 3.8) is 0 Å². The molecule has 4 rings (SSSR count). The first-order valence-corrected chi connectivity index (χ1v) is 13.7. The number of thiophene rings is 2. The summed E-state index contributed by atoms with van der Waals surface area (Å²) in [6.07, 6.45) is 9.52. The fourth-order valence-corrected chi connectivity index (χ4v) is 7.23. The average Bonchev–Trinajstić information content (AvgIpc) is 3.42. The van der Waals surface area contributed by atoms with Crippen molar-refractivity contribution in [2.24, 2.45) is 0 Å². The largest absolute Gasteiger partial charge is 0.244 e. The summed E-state index contributed by atoms with van der Waals surface area (Å²) in [5.74, 6) is 0. The molecule has 162 valence electrons. The van der Waals surface area contributed by atoms with Crippen molar-refractivity contribution < 1.29 is 0 Å². The van der Waals surface area contributed by atoms with Gasteiger partial charge in [0.05, 0.1) is 26.0 Å². The first kappa shape index (κ1) is 23.3. The van der Waals surface area contributed by atoms with Crippen molar-refractivity contribution in [2.45, 2.75) is 39.0 Å². The topological polar surface area (TPSA) is 49.6 Å². The third kappa shape index (κ3) is 5.04. The van der Waals surface area contributed by atoms with E-state index in [4.69, 9.17) is 5.26 Å². The van der Waals surface area contributed by atoms with Crippen molar-refractivity contribution in [1.29, 1.82) is 5.26 Å². The van der Waals surface area contributed by atoms with Gasteiger partial charge in [0.25, 0.3) is 0 Å². The average molecular weight is 587 g/mol. The van der Waals surface area contributed by atoms with Crippen LogP contribution in [0.4, 0.5) is 0 Å². The van der Waals surface area contributed by atoms with Crippen LogP contribution >= 0.6 is 54.5 Å². The van der Waals surface area contributed by atoms with E-state index in [2.05, 4.69) is 67.0 Å². The zero-order valence-electron chi connectivity index (χ0n) is 17.6. The third-order valence-corrected chi connectivity index (χ3v) is 10.1. The summed E-state index contributed by atoms with van der Waals surface area (Å²) < 4.78 is 2.33. The Morgan fingerprint density at radius 2 is 1.75 bits per heavy atom. The number of halogens is 2. The van der Waals surface area contributed by atoms with Gasteiger partial charge in [0, 0.05) is 26.0 Å². The van der Waals surface area contributed by atoms with Crippen LogP contribution in [-0.2, 0) is 6.42 Å². The predicted octanol–water partition coefficient (Wildman–Crippen LogP) is 9.12. The SMILES string of the molecule is CCCCCCc1c(-c2ccc(-c3ncncc3-c3ccc(C#N)cc3)s2)sc(Br)c1Br. The molecule has 7 heteroatoms. The molecule has 0 N–H and O–H groups in total. The predicted molar refractivity (Wildman–Crippen MR) is 142 cm³/mol. The first-order valence-electron chi connectivity index (χ1n) is 10.5. The number of nitriles is 1. The normalized spacial score (nSPS) is 10.9. The maximum absolute atomic E-state index is 9.09. The van der Waals surface area contributed by atoms with Gasteiger partial charge in [-0.2, -0.15) is 5.26 Å². The van der Waals surface area contributed by atoms with Gasteiger partial charge in [-0.3, -0.25) is 0 Å². The molecule has 3 aromatic heterocycles. The van der Waals surface area contributed by atoms with Crippen LogP contribution in [0.25, 0.3) is 31.5 Å². The Balaban J connectivity index is 1.67. The number of rotatable bonds is 8. The van der Waals surface area contributed by atoms with Crippen LogP contribution in [0.1, 0.15) is 43.7 Å². The molecule has 0 spiro atoms. The van der Waals surface area contributed by atoms with E-state index in [0.717, 1.165) is 31.9 Å². The van der Waals surface area contributed by atoms with Gasteiger partial charge in [-0.15, -0.1) is 22.7 Å². The molecule has 0 atom stereocenters. The number of aromatic nitrogens is 2. The Labute approximate surface area is 213 Å². The smallest absolute Gasteiger partial charge is 0.116 e. The van der Waals surface area contributed by atoms with Crippen molar-refractivity contribution in [2.75, 3.05) is 0 Å². The van der Waals surface area contributed by atoms with Crippen LogP contribution < -0.4 is 0 Å². The summed E-state index contributed by atoms with van der Waals surface area (Å²) in [6, 6.07) is 14.1. The van der Waals surface area contributed by atoms with E-state index < -0.39 is 0 Å². The Morgan fingerprint density at radius 1 is 0.969 bits per heavy atom. The maximum Gasteiger partial charge on any atom is 0.116 e. The Bertz CT molecular complexity index is 1250. The summed E-state index contributed by atoms with van der Waals surface area (Å²) in [4.78, 5) is 12.6. The highest BCUT2D eigenvalue weighted by atomic mass is 79.9. The molecule has 32 heavy (non-hydrogen) atoms. The number of hydrogen-bond acceptors (Lipinski definition) is 5. The van der Waals surface area contributed by atoms with Crippen molar-refractivity contribution >= 4 is 54.5 Å². The maximum atomic E-state index is 9.09. The number of nitrogens with zero attached hydrogens (tertiary/aromatic N) is 3. The molecule has 1 aromatic carbocycles. The molecule has 4 aromatic rings. The summed E-state index contributed by atoms with van der Waals surface area (Å²) in [5.41, 5.74) is 4.93. The van der Waals surface area contributed by atoms with Crippen LogP contribution in [0, 0.1) is 11.3 Å². The van der Waals surface area contributed by atoms with Gasteiger partial charge in [0.15, 0.2) is 0 Å². The molecule has 0 saturated heterocycles. The fraction of sp³-hybridized carbons (Fsp3) is 0.240. The van der Waals surface area contributed by atoms with E-state index in [1.165, 1.54) is 45.5 Å². The molecule has 0 bridgehead atoms. The van der Waals surface area contributed by atoms with E-state index in [-0.39, 0.29) is 0 Å². The Morgan fingerprint density at radius 3 is 2.50 bits per heavy atom. The molecule has 0 unspecified atom stereocenters. The lowest BCUT2D eigenvalue weighted by atomic mass is 10.0. The molecular formula is C25H21Br2N3S2. The molecular weight excluding hydrogens is 566 g/mol. The van der Waals surface area contributed by atoms with E-state index in [1.807, 2.05) is 30.5 Å². The van der Waals surface area contributed by atoms with Gasteiger partial charge in [-0.1, -0.05) is 38.3 Å². The van der Waals surface area contributed by atoms with E-state index in [0.29, 0.717) is 5.56 Å². The monoisotopic (exact) mass is 585 g/mol. The van der Waals surface area contributed by atoms with E-state index in [9.17, 15) is 0 Å². The summed E-state index contributed by atoms with van der Waals surface area (Å²) in [7, 11) is 0. The van der Waals surface area contributed by atoms with Crippen LogP contribution in [0.3, 0.4) is 0 Å². The molecule has 3 heterocycles. The van der Waals surface area contributed by atoms with Crippen molar-refractivity contribution in [3.05, 3.63) is 68.3 Å². The molecule has 0 fully saturated rings. The highest BCUT2D eigenvalue weighted by molar-refractivity contribution is 9.13. The lowest BCUT2D eigenvalue weighted by molar-refractivity contribution is 0.667.